The van der Waals surface area contributed by atoms with Crippen molar-refractivity contribution in [3.05, 3.63) is 40.8 Å². The molecule has 0 atom stereocenters. The molecule has 0 saturated heterocycles. The number of nitrogens with one attached hydrogen (secondary N) is 2. The van der Waals surface area contributed by atoms with Crippen molar-refractivity contribution < 1.29 is 14.3 Å². The number of rotatable bonds is 4. The number of carbonyl (C=O) groups excluding carboxylic acids is 2. The number of nitrogens with zero attached hydrogens (tertiary/aromatic N) is 3. The fourth-order valence-corrected chi connectivity index (χ4v) is 2.75. The van der Waals surface area contributed by atoms with E-state index in [1.54, 1.807) is 30.3 Å². The average Bonchev–Trinajstić information content (AvgIpc) is 3.04. The maximum absolute atomic E-state index is 12.9. The van der Waals surface area contributed by atoms with Crippen LogP contribution in [-0.2, 0) is 13.0 Å². The minimum Gasteiger partial charge on any atom is -0.477 e. The highest BCUT2D eigenvalue weighted by Crippen LogP contribution is 2.24. The number of aromatic amines is 1. The van der Waals surface area contributed by atoms with Crippen LogP contribution >= 0.6 is 0 Å². The first-order valence-electron chi connectivity index (χ1n) is 7.81. The van der Waals surface area contributed by atoms with E-state index in [2.05, 4.69) is 20.5 Å². The molecule has 0 spiro atoms. The van der Waals surface area contributed by atoms with Gasteiger partial charge in [0.05, 0.1) is 13.2 Å². The Hall–Kier alpha value is -2.90. The summed E-state index contributed by atoms with van der Waals surface area (Å²) in [4.78, 5) is 30.6. The molecule has 0 aliphatic carbocycles. The summed E-state index contributed by atoms with van der Waals surface area (Å²) in [5.41, 5.74) is 2.42. The molecule has 0 aromatic carbocycles. The van der Waals surface area contributed by atoms with Crippen molar-refractivity contribution in [2.75, 3.05) is 20.2 Å². The normalized spacial score (nSPS) is 13.3. The topological polar surface area (TPSA) is 100 Å². The zero-order valence-electron chi connectivity index (χ0n) is 13.6. The summed E-state index contributed by atoms with van der Waals surface area (Å²) in [6.45, 7) is 3.15. The number of H-pyrrole nitrogens is 1. The summed E-state index contributed by atoms with van der Waals surface area (Å²) in [7, 11) is 1.55. The molecule has 0 fully saturated rings. The Morgan fingerprint density at radius 1 is 1.46 bits per heavy atom. The Balaban J connectivity index is 1.86. The summed E-state index contributed by atoms with van der Waals surface area (Å²) < 4.78 is 5.44. The van der Waals surface area contributed by atoms with Gasteiger partial charge in [0.1, 0.15) is 5.56 Å². The number of amides is 2. The predicted octanol–water partition coefficient (Wildman–Crippen LogP) is 0.761. The number of carbonyl (C=O) groups is 2. The van der Waals surface area contributed by atoms with Gasteiger partial charge < -0.3 is 15.0 Å². The molecule has 0 unspecified atom stereocenters. The molecule has 2 aromatic rings. The van der Waals surface area contributed by atoms with Crippen LogP contribution in [0.3, 0.4) is 0 Å². The largest absolute Gasteiger partial charge is 0.477 e. The lowest BCUT2D eigenvalue weighted by molar-refractivity contribution is 0.0726. The standard InChI is InChI=1S/C16H19N5O3/c1-3-24-15-10(5-4-7-18-15)16(23)21-8-6-12-11(9-21)13(20-19-12)14(22)17-2/h4-5,7H,3,6,8-9H2,1-2H3,(H,17,22)(H,19,20). The van der Waals surface area contributed by atoms with E-state index < -0.39 is 0 Å². The van der Waals surface area contributed by atoms with Crippen molar-refractivity contribution >= 4 is 11.8 Å². The van der Waals surface area contributed by atoms with Gasteiger partial charge in [-0.15, -0.1) is 0 Å². The Kier molecular flexibility index (Phi) is 4.45. The third-order valence-corrected chi connectivity index (χ3v) is 3.95. The fourth-order valence-electron chi connectivity index (χ4n) is 2.75. The second-order valence-electron chi connectivity index (χ2n) is 5.37. The molecule has 0 saturated carbocycles. The van der Waals surface area contributed by atoms with Crippen molar-refractivity contribution in [2.45, 2.75) is 19.9 Å². The number of hydrogen-bond donors (Lipinski definition) is 2. The summed E-state index contributed by atoms with van der Waals surface area (Å²) in [5.74, 6) is -0.103. The van der Waals surface area contributed by atoms with Gasteiger partial charge in [0, 0.05) is 37.5 Å². The molecule has 8 nitrogen and oxygen atoms in total. The van der Waals surface area contributed by atoms with E-state index in [9.17, 15) is 9.59 Å². The third-order valence-electron chi connectivity index (χ3n) is 3.95. The molecule has 24 heavy (non-hydrogen) atoms. The van der Waals surface area contributed by atoms with Crippen molar-refractivity contribution in [2.24, 2.45) is 0 Å². The zero-order valence-corrected chi connectivity index (χ0v) is 13.6. The molecule has 0 bridgehead atoms. The highest BCUT2D eigenvalue weighted by Gasteiger charge is 2.29. The SMILES string of the molecule is CCOc1ncccc1C(=O)N1CCc2[nH]nc(C(=O)NC)c2C1. The molecule has 2 aromatic heterocycles. The predicted molar refractivity (Wildman–Crippen MR) is 85.8 cm³/mol. The van der Waals surface area contributed by atoms with Crippen molar-refractivity contribution in [1.29, 1.82) is 0 Å². The number of ether oxygens (including phenoxy) is 1. The minimum absolute atomic E-state index is 0.166. The Morgan fingerprint density at radius 3 is 3.04 bits per heavy atom. The fraction of sp³-hybridized carbons (Fsp3) is 0.375. The van der Waals surface area contributed by atoms with E-state index in [0.717, 1.165) is 11.3 Å². The maximum Gasteiger partial charge on any atom is 0.271 e. The molecule has 126 valence electrons. The Bertz CT molecular complexity index is 771. The second-order valence-corrected chi connectivity index (χ2v) is 5.37. The van der Waals surface area contributed by atoms with Gasteiger partial charge in [0.2, 0.25) is 5.88 Å². The zero-order chi connectivity index (χ0) is 17.1. The van der Waals surface area contributed by atoms with Crippen LogP contribution in [0.5, 0.6) is 5.88 Å². The highest BCUT2D eigenvalue weighted by atomic mass is 16.5. The van der Waals surface area contributed by atoms with Crippen LogP contribution in [0, 0.1) is 0 Å². The number of hydrogen-bond acceptors (Lipinski definition) is 5. The lowest BCUT2D eigenvalue weighted by Gasteiger charge is -2.27. The highest BCUT2D eigenvalue weighted by molar-refractivity contribution is 5.97. The first kappa shape index (κ1) is 16.0. The monoisotopic (exact) mass is 329 g/mol. The van der Waals surface area contributed by atoms with E-state index in [1.807, 2.05) is 6.92 Å². The lowest BCUT2D eigenvalue weighted by Crippen LogP contribution is -2.37. The molecular formula is C16H19N5O3. The lowest BCUT2D eigenvalue weighted by atomic mass is 10.0. The first-order chi connectivity index (χ1) is 11.7. The van der Waals surface area contributed by atoms with Gasteiger partial charge in [0.15, 0.2) is 5.69 Å². The van der Waals surface area contributed by atoms with Gasteiger partial charge in [-0.05, 0) is 19.1 Å². The maximum atomic E-state index is 12.9. The van der Waals surface area contributed by atoms with Crippen LogP contribution in [0.2, 0.25) is 0 Å². The molecule has 1 aliphatic rings. The van der Waals surface area contributed by atoms with E-state index in [4.69, 9.17) is 4.74 Å². The van der Waals surface area contributed by atoms with Crippen LogP contribution in [0.1, 0.15) is 39.0 Å². The summed E-state index contributed by atoms with van der Waals surface area (Å²) in [6, 6.07) is 3.41. The number of aromatic nitrogens is 3. The molecular weight excluding hydrogens is 310 g/mol. The van der Waals surface area contributed by atoms with E-state index in [1.165, 1.54) is 0 Å². The van der Waals surface area contributed by atoms with Crippen LogP contribution in [0.15, 0.2) is 18.3 Å². The molecule has 2 N–H and O–H groups in total. The molecule has 8 heteroatoms. The smallest absolute Gasteiger partial charge is 0.271 e. The molecule has 3 rings (SSSR count). The van der Waals surface area contributed by atoms with Crippen LogP contribution < -0.4 is 10.1 Å². The second kappa shape index (κ2) is 6.69. The van der Waals surface area contributed by atoms with Gasteiger partial charge >= 0.3 is 0 Å². The van der Waals surface area contributed by atoms with Gasteiger partial charge in [0.25, 0.3) is 11.8 Å². The Morgan fingerprint density at radius 2 is 2.29 bits per heavy atom. The van der Waals surface area contributed by atoms with Crippen LogP contribution in [0.4, 0.5) is 0 Å². The van der Waals surface area contributed by atoms with Gasteiger partial charge in [-0.25, -0.2) is 4.98 Å². The Labute approximate surface area is 139 Å². The molecule has 0 radical (unpaired) electrons. The number of pyridine rings is 1. The average molecular weight is 329 g/mol. The van der Waals surface area contributed by atoms with Crippen LogP contribution in [0.25, 0.3) is 0 Å². The van der Waals surface area contributed by atoms with E-state index in [0.29, 0.717) is 43.3 Å². The van der Waals surface area contributed by atoms with Gasteiger partial charge in [-0.1, -0.05) is 0 Å². The third kappa shape index (κ3) is 2.82. The molecule has 1 aliphatic heterocycles. The first-order valence-corrected chi connectivity index (χ1v) is 7.81. The van der Waals surface area contributed by atoms with Gasteiger partial charge in [-0.3, -0.25) is 14.7 Å². The van der Waals surface area contributed by atoms with Crippen molar-refractivity contribution in [3.63, 3.8) is 0 Å². The summed E-state index contributed by atoms with van der Waals surface area (Å²) in [5, 5.41) is 9.52. The van der Waals surface area contributed by atoms with E-state index >= 15 is 0 Å². The summed E-state index contributed by atoms with van der Waals surface area (Å²) in [6.07, 6.45) is 2.21. The number of fused-ring (bicyclic) bond motifs is 1. The minimum atomic E-state index is -0.266. The van der Waals surface area contributed by atoms with E-state index in [-0.39, 0.29) is 11.8 Å². The molecule has 2 amide bonds. The van der Waals surface area contributed by atoms with Crippen molar-refractivity contribution in [1.82, 2.24) is 25.4 Å². The summed E-state index contributed by atoms with van der Waals surface area (Å²) >= 11 is 0. The molecule has 3 heterocycles. The van der Waals surface area contributed by atoms with Crippen LogP contribution in [-0.4, -0.2) is 52.1 Å². The van der Waals surface area contributed by atoms with Crippen molar-refractivity contribution in [3.8, 4) is 5.88 Å². The quantitative estimate of drug-likeness (QED) is 0.862. The van der Waals surface area contributed by atoms with Gasteiger partial charge in [-0.2, -0.15) is 5.10 Å².